The Labute approximate surface area is 206 Å². The maximum Gasteiger partial charge on any atom is 0.252 e. The average Bonchev–Trinajstić information content (AvgIpc) is 3.65. The van der Waals surface area contributed by atoms with E-state index in [0.29, 0.717) is 40.2 Å². The molecule has 0 N–H and O–H groups in total. The van der Waals surface area contributed by atoms with Crippen LogP contribution in [0.3, 0.4) is 0 Å². The van der Waals surface area contributed by atoms with Crippen LogP contribution < -0.4 is 23.8 Å². The molecule has 2 aromatic heterocycles. The van der Waals surface area contributed by atoms with Gasteiger partial charge in [0.15, 0.2) is 16.6 Å². The summed E-state index contributed by atoms with van der Waals surface area (Å²) < 4.78 is 24.6. The normalized spacial score (nSPS) is 12.4. The number of hydrogen-bond acceptors (Lipinski definition) is 8. The fraction of sp³-hybridized carbons (Fsp3) is 0.240. The van der Waals surface area contributed by atoms with Crippen LogP contribution in [-0.2, 0) is 11.3 Å². The summed E-state index contributed by atoms with van der Waals surface area (Å²) in [7, 11) is 3.21. The lowest BCUT2D eigenvalue weighted by molar-refractivity contribution is -0.114. The number of rotatable bonds is 9. The lowest BCUT2D eigenvalue weighted by atomic mass is 10.2. The fourth-order valence-corrected chi connectivity index (χ4v) is 4.90. The van der Waals surface area contributed by atoms with Crippen molar-refractivity contribution in [1.29, 1.82) is 0 Å². The van der Waals surface area contributed by atoms with Crippen LogP contribution in [0.15, 0.2) is 55.1 Å². The van der Waals surface area contributed by atoms with Crippen LogP contribution in [0, 0.1) is 0 Å². The monoisotopic (exact) mass is 492 g/mol. The van der Waals surface area contributed by atoms with Crippen molar-refractivity contribution >= 4 is 38.7 Å². The maximum absolute atomic E-state index is 13.4. The van der Waals surface area contributed by atoms with Gasteiger partial charge in [-0.15, -0.1) is 0 Å². The SMILES string of the molecule is COc1ccc(OC)c2sc(N(CCCn3ccnc3)C(=O)/C=C/c3ccc4c(c3)OCO4)nc12. The quantitative estimate of drug-likeness (QED) is 0.321. The Hall–Kier alpha value is -4.05. The Morgan fingerprint density at radius 3 is 2.80 bits per heavy atom. The van der Waals surface area contributed by atoms with Crippen molar-refractivity contribution < 1.29 is 23.7 Å². The summed E-state index contributed by atoms with van der Waals surface area (Å²) in [6, 6.07) is 9.22. The maximum atomic E-state index is 13.4. The van der Waals surface area contributed by atoms with Crippen molar-refractivity contribution in [1.82, 2.24) is 14.5 Å². The minimum atomic E-state index is -0.176. The largest absolute Gasteiger partial charge is 0.495 e. The van der Waals surface area contributed by atoms with Gasteiger partial charge in [-0.25, -0.2) is 9.97 Å². The lowest BCUT2D eigenvalue weighted by Gasteiger charge is -2.18. The molecule has 0 fully saturated rings. The number of hydrogen-bond donors (Lipinski definition) is 0. The van der Waals surface area contributed by atoms with Crippen LogP contribution in [0.25, 0.3) is 16.3 Å². The molecule has 0 bridgehead atoms. The van der Waals surface area contributed by atoms with Gasteiger partial charge in [0.2, 0.25) is 6.79 Å². The minimum Gasteiger partial charge on any atom is -0.495 e. The number of aryl methyl sites for hydroxylation is 1. The second kappa shape index (κ2) is 10.1. The highest BCUT2D eigenvalue weighted by atomic mass is 32.1. The Bertz CT molecular complexity index is 1320. The number of methoxy groups -OCH3 is 2. The number of thiazole rings is 1. The molecule has 1 aliphatic rings. The van der Waals surface area contributed by atoms with Crippen molar-refractivity contribution in [3.63, 3.8) is 0 Å². The van der Waals surface area contributed by atoms with Crippen molar-refractivity contribution in [2.75, 3.05) is 32.5 Å². The molecule has 180 valence electrons. The van der Waals surface area contributed by atoms with E-state index in [4.69, 9.17) is 23.9 Å². The van der Waals surface area contributed by atoms with Crippen molar-refractivity contribution in [2.24, 2.45) is 0 Å². The molecule has 3 heterocycles. The van der Waals surface area contributed by atoms with E-state index in [0.717, 1.165) is 23.2 Å². The van der Waals surface area contributed by atoms with E-state index in [-0.39, 0.29) is 12.7 Å². The number of aromatic nitrogens is 3. The van der Waals surface area contributed by atoms with Crippen LogP contribution >= 0.6 is 11.3 Å². The summed E-state index contributed by atoms with van der Waals surface area (Å²) in [6.45, 7) is 1.41. The van der Waals surface area contributed by atoms with Crippen LogP contribution in [0.2, 0.25) is 0 Å². The van der Waals surface area contributed by atoms with E-state index in [1.807, 2.05) is 41.1 Å². The first kappa shape index (κ1) is 22.7. The summed E-state index contributed by atoms with van der Waals surface area (Å²) >= 11 is 1.40. The first-order valence-corrected chi connectivity index (χ1v) is 11.8. The Morgan fingerprint density at radius 1 is 1.17 bits per heavy atom. The van der Waals surface area contributed by atoms with E-state index in [1.165, 1.54) is 11.3 Å². The Balaban J connectivity index is 1.43. The van der Waals surface area contributed by atoms with E-state index >= 15 is 0 Å². The molecule has 1 amide bonds. The predicted octanol–water partition coefficient (Wildman–Crippen LogP) is 4.38. The molecule has 0 aliphatic carbocycles. The lowest BCUT2D eigenvalue weighted by Crippen LogP contribution is -2.30. The molecule has 0 saturated carbocycles. The zero-order valence-corrected chi connectivity index (χ0v) is 20.2. The fourth-order valence-electron chi connectivity index (χ4n) is 3.79. The molecule has 0 unspecified atom stereocenters. The Morgan fingerprint density at radius 2 is 2.00 bits per heavy atom. The van der Waals surface area contributed by atoms with E-state index < -0.39 is 0 Å². The summed E-state index contributed by atoms with van der Waals surface area (Å²) in [5, 5.41) is 0.578. The van der Waals surface area contributed by atoms with Crippen LogP contribution in [0.1, 0.15) is 12.0 Å². The zero-order chi connectivity index (χ0) is 24.2. The molecule has 9 nitrogen and oxygen atoms in total. The van der Waals surface area contributed by atoms with Gasteiger partial charge in [-0.1, -0.05) is 17.4 Å². The number of fused-ring (bicyclic) bond motifs is 2. The second-order valence-corrected chi connectivity index (χ2v) is 8.71. The van der Waals surface area contributed by atoms with Gasteiger partial charge in [0.25, 0.3) is 5.91 Å². The van der Waals surface area contributed by atoms with Gasteiger partial charge in [-0.3, -0.25) is 9.69 Å². The zero-order valence-electron chi connectivity index (χ0n) is 19.3. The van der Waals surface area contributed by atoms with E-state index in [1.54, 1.807) is 43.8 Å². The molecule has 0 radical (unpaired) electrons. The van der Waals surface area contributed by atoms with Crippen molar-refractivity contribution in [3.8, 4) is 23.0 Å². The van der Waals surface area contributed by atoms with Gasteiger partial charge in [0.05, 0.1) is 20.5 Å². The van der Waals surface area contributed by atoms with Gasteiger partial charge < -0.3 is 23.5 Å². The molecule has 1 aliphatic heterocycles. The molecular formula is C25H24N4O5S. The number of carbonyl (C=O) groups is 1. The molecule has 2 aromatic carbocycles. The van der Waals surface area contributed by atoms with Crippen LogP contribution in [-0.4, -0.2) is 48.0 Å². The highest BCUT2D eigenvalue weighted by Crippen LogP contribution is 2.40. The van der Waals surface area contributed by atoms with Crippen LogP contribution in [0.4, 0.5) is 5.13 Å². The number of anilines is 1. The first-order valence-electron chi connectivity index (χ1n) is 11.0. The van der Waals surface area contributed by atoms with Gasteiger partial charge in [-0.05, 0) is 42.3 Å². The molecule has 0 saturated heterocycles. The highest BCUT2D eigenvalue weighted by molar-refractivity contribution is 7.22. The third-order valence-corrected chi connectivity index (χ3v) is 6.66. The summed E-state index contributed by atoms with van der Waals surface area (Å²) in [4.78, 5) is 23.9. The molecular weight excluding hydrogens is 468 g/mol. The number of benzene rings is 2. The molecule has 0 atom stereocenters. The van der Waals surface area contributed by atoms with Crippen molar-refractivity contribution in [2.45, 2.75) is 13.0 Å². The van der Waals surface area contributed by atoms with Crippen molar-refractivity contribution in [3.05, 3.63) is 60.7 Å². The number of carbonyl (C=O) groups excluding carboxylic acids is 1. The summed E-state index contributed by atoms with van der Waals surface area (Å²) in [5.74, 6) is 2.51. The number of amides is 1. The number of ether oxygens (including phenoxy) is 4. The van der Waals surface area contributed by atoms with E-state index in [9.17, 15) is 4.79 Å². The number of nitrogens with zero attached hydrogens (tertiary/aromatic N) is 4. The van der Waals surface area contributed by atoms with Gasteiger partial charge in [-0.2, -0.15) is 0 Å². The Kier molecular flexibility index (Phi) is 6.53. The molecule has 10 heteroatoms. The second-order valence-electron chi connectivity index (χ2n) is 7.73. The van der Waals surface area contributed by atoms with Crippen LogP contribution in [0.5, 0.6) is 23.0 Å². The summed E-state index contributed by atoms with van der Waals surface area (Å²) in [6.07, 6.45) is 9.45. The summed E-state index contributed by atoms with van der Waals surface area (Å²) in [5.41, 5.74) is 1.51. The third kappa shape index (κ3) is 4.78. The minimum absolute atomic E-state index is 0.176. The number of imidazole rings is 1. The third-order valence-electron chi connectivity index (χ3n) is 5.57. The van der Waals surface area contributed by atoms with Gasteiger partial charge in [0, 0.05) is 31.6 Å². The average molecular weight is 493 g/mol. The smallest absolute Gasteiger partial charge is 0.252 e. The predicted molar refractivity (Wildman–Crippen MR) is 134 cm³/mol. The van der Waals surface area contributed by atoms with E-state index in [2.05, 4.69) is 4.98 Å². The first-order chi connectivity index (χ1) is 17.2. The highest BCUT2D eigenvalue weighted by Gasteiger charge is 2.21. The molecule has 0 spiro atoms. The standard InChI is InChI=1S/C25H24N4O5S/c1-31-19-7-8-20(32-2)24-23(19)27-25(35-24)29(12-3-11-28-13-10-26-15-28)22(30)9-5-17-4-6-18-21(14-17)34-16-33-18/h4-10,13-15H,3,11-12,16H2,1-2H3/b9-5+. The molecule has 35 heavy (non-hydrogen) atoms. The molecule has 5 rings (SSSR count). The van der Waals surface area contributed by atoms with Gasteiger partial charge >= 0.3 is 0 Å². The molecule has 4 aromatic rings. The topological polar surface area (TPSA) is 87.9 Å². The van der Waals surface area contributed by atoms with Gasteiger partial charge in [0.1, 0.15) is 21.7 Å².